The van der Waals surface area contributed by atoms with Crippen LogP contribution in [0.2, 0.25) is 0 Å². The van der Waals surface area contributed by atoms with E-state index in [0.717, 1.165) is 26.1 Å². The minimum Gasteiger partial charge on any atom is -0.326 e. The van der Waals surface area contributed by atoms with Crippen LogP contribution in [0.1, 0.15) is 12.0 Å². The summed E-state index contributed by atoms with van der Waals surface area (Å²) in [7, 11) is 0. The van der Waals surface area contributed by atoms with Crippen molar-refractivity contribution in [1.29, 1.82) is 0 Å². The van der Waals surface area contributed by atoms with Crippen molar-refractivity contribution < 1.29 is 0 Å². The van der Waals surface area contributed by atoms with Gasteiger partial charge in [0.15, 0.2) is 0 Å². The molecular weight excluding hydrogens is 208 g/mol. The van der Waals surface area contributed by atoms with Crippen molar-refractivity contribution in [1.82, 2.24) is 4.90 Å². The normalized spacial score (nSPS) is 21.1. The standard InChI is InChI=1S/C15H18N2/c16-15-7-8-17(11-15)10-12-5-6-13-3-1-2-4-14(13)9-12/h1-6,9,15H,7-8,10-11,16H2. The van der Waals surface area contributed by atoms with Crippen LogP contribution in [-0.4, -0.2) is 24.0 Å². The molecule has 1 saturated heterocycles. The predicted octanol–water partition coefficient (Wildman–Crippen LogP) is 2.37. The number of rotatable bonds is 2. The van der Waals surface area contributed by atoms with Crippen molar-refractivity contribution in [3.63, 3.8) is 0 Å². The van der Waals surface area contributed by atoms with E-state index in [-0.39, 0.29) is 0 Å². The van der Waals surface area contributed by atoms with E-state index in [0.29, 0.717) is 6.04 Å². The monoisotopic (exact) mass is 226 g/mol. The minimum absolute atomic E-state index is 0.371. The van der Waals surface area contributed by atoms with Crippen LogP contribution in [0, 0.1) is 0 Å². The zero-order valence-electron chi connectivity index (χ0n) is 9.97. The number of hydrogen-bond acceptors (Lipinski definition) is 2. The zero-order chi connectivity index (χ0) is 11.7. The van der Waals surface area contributed by atoms with Gasteiger partial charge in [0.1, 0.15) is 0 Å². The van der Waals surface area contributed by atoms with Crippen molar-refractivity contribution in [3.8, 4) is 0 Å². The van der Waals surface area contributed by atoms with Crippen LogP contribution in [0.15, 0.2) is 42.5 Å². The van der Waals surface area contributed by atoms with Crippen molar-refractivity contribution >= 4 is 10.8 Å². The minimum atomic E-state index is 0.371. The second kappa shape index (κ2) is 4.47. The highest BCUT2D eigenvalue weighted by molar-refractivity contribution is 5.82. The van der Waals surface area contributed by atoms with Gasteiger partial charge in [-0.3, -0.25) is 4.90 Å². The summed E-state index contributed by atoms with van der Waals surface area (Å²) in [5.41, 5.74) is 7.31. The van der Waals surface area contributed by atoms with Gasteiger partial charge >= 0.3 is 0 Å². The Labute approximate surface area is 102 Å². The van der Waals surface area contributed by atoms with Crippen molar-refractivity contribution in [3.05, 3.63) is 48.0 Å². The Balaban J connectivity index is 1.81. The van der Waals surface area contributed by atoms with E-state index < -0.39 is 0 Å². The van der Waals surface area contributed by atoms with Crippen LogP contribution in [0.25, 0.3) is 10.8 Å². The Kier molecular flexibility index (Phi) is 2.83. The summed E-state index contributed by atoms with van der Waals surface area (Å²) in [6, 6.07) is 15.6. The highest BCUT2D eigenvalue weighted by atomic mass is 15.2. The Bertz CT molecular complexity index is 521. The number of benzene rings is 2. The number of nitrogens with zero attached hydrogens (tertiary/aromatic N) is 1. The van der Waals surface area contributed by atoms with Crippen LogP contribution in [0.4, 0.5) is 0 Å². The van der Waals surface area contributed by atoms with Gasteiger partial charge in [-0.2, -0.15) is 0 Å². The number of hydrogen-bond donors (Lipinski definition) is 1. The molecule has 2 N–H and O–H groups in total. The molecule has 2 heteroatoms. The lowest BCUT2D eigenvalue weighted by molar-refractivity contribution is 0.327. The number of fused-ring (bicyclic) bond motifs is 1. The lowest BCUT2D eigenvalue weighted by atomic mass is 10.1. The van der Waals surface area contributed by atoms with E-state index in [4.69, 9.17) is 5.73 Å². The highest BCUT2D eigenvalue weighted by Crippen LogP contribution is 2.18. The third-order valence-electron chi connectivity index (χ3n) is 3.53. The Morgan fingerprint density at radius 2 is 1.94 bits per heavy atom. The second-order valence-corrected chi connectivity index (χ2v) is 4.97. The summed E-state index contributed by atoms with van der Waals surface area (Å²) >= 11 is 0. The molecule has 0 spiro atoms. The Morgan fingerprint density at radius 1 is 1.12 bits per heavy atom. The molecule has 1 unspecified atom stereocenters. The predicted molar refractivity (Wildman–Crippen MR) is 71.8 cm³/mol. The van der Waals surface area contributed by atoms with E-state index in [1.54, 1.807) is 0 Å². The van der Waals surface area contributed by atoms with E-state index in [9.17, 15) is 0 Å². The van der Waals surface area contributed by atoms with Crippen LogP contribution in [0.5, 0.6) is 0 Å². The van der Waals surface area contributed by atoms with E-state index in [1.165, 1.54) is 16.3 Å². The molecule has 2 nitrogen and oxygen atoms in total. The number of likely N-dealkylation sites (tertiary alicyclic amines) is 1. The van der Waals surface area contributed by atoms with Crippen molar-refractivity contribution in [2.75, 3.05) is 13.1 Å². The summed E-state index contributed by atoms with van der Waals surface area (Å²) in [5, 5.41) is 2.64. The molecule has 0 aromatic heterocycles. The molecule has 1 atom stereocenters. The van der Waals surface area contributed by atoms with Crippen LogP contribution >= 0.6 is 0 Å². The zero-order valence-corrected chi connectivity index (χ0v) is 9.97. The lowest BCUT2D eigenvalue weighted by Gasteiger charge is -2.15. The molecule has 1 heterocycles. The second-order valence-electron chi connectivity index (χ2n) is 4.97. The molecule has 88 valence electrons. The summed E-state index contributed by atoms with van der Waals surface area (Å²) in [5.74, 6) is 0. The summed E-state index contributed by atoms with van der Waals surface area (Å²) in [6.45, 7) is 3.19. The van der Waals surface area contributed by atoms with Crippen LogP contribution in [-0.2, 0) is 6.54 Å². The molecule has 17 heavy (non-hydrogen) atoms. The molecule has 0 aliphatic carbocycles. The largest absolute Gasteiger partial charge is 0.326 e. The average molecular weight is 226 g/mol. The summed E-state index contributed by atoms with van der Waals surface area (Å²) in [4.78, 5) is 2.44. The highest BCUT2D eigenvalue weighted by Gasteiger charge is 2.18. The quantitative estimate of drug-likeness (QED) is 0.852. The van der Waals surface area contributed by atoms with Gasteiger partial charge in [-0.15, -0.1) is 0 Å². The number of nitrogens with two attached hydrogens (primary N) is 1. The first kappa shape index (κ1) is 10.8. The maximum atomic E-state index is 5.93. The van der Waals surface area contributed by atoms with Gasteiger partial charge in [0.25, 0.3) is 0 Å². The molecule has 2 aromatic carbocycles. The average Bonchev–Trinajstić information content (AvgIpc) is 2.75. The van der Waals surface area contributed by atoms with Gasteiger partial charge in [-0.05, 0) is 28.8 Å². The fourth-order valence-corrected chi connectivity index (χ4v) is 2.60. The SMILES string of the molecule is NC1CCN(Cc2ccc3ccccc3c2)C1. The Morgan fingerprint density at radius 3 is 2.71 bits per heavy atom. The maximum absolute atomic E-state index is 5.93. The van der Waals surface area contributed by atoms with Crippen LogP contribution in [0.3, 0.4) is 0 Å². The third kappa shape index (κ3) is 2.33. The maximum Gasteiger partial charge on any atom is 0.0234 e. The van der Waals surface area contributed by atoms with Gasteiger partial charge < -0.3 is 5.73 Å². The fraction of sp³-hybridized carbons (Fsp3) is 0.333. The first-order valence-electron chi connectivity index (χ1n) is 6.27. The molecule has 0 bridgehead atoms. The molecule has 0 radical (unpaired) electrons. The smallest absolute Gasteiger partial charge is 0.0234 e. The van der Waals surface area contributed by atoms with E-state index >= 15 is 0 Å². The third-order valence-corrected chi connectivity index (χ3v) is 3.53. The molecule has 0 saturated carbocycles. The van der Waals surface area contributed by atoms with Gasteiger partial charge in [-0.1, -0.05) is 36.4 Å². The van der Waals surface area contributed by atoms with Gasteiger partial charge in [0.05, 0.1) is 0 Å². The molecule has 2 aromatic rings. The first-order chi connectivity index (χ1) is 8.31. The van der Waals surface area contributed by atoms with E-state index in [1.807, 2.05) is 0 Å². The molecule has 1 aliphatic heterocycles. The molecule has 0 amide bonds. The van der Waals surface area contributed by atoms with Gasteiger partial charge in [-0.25, -0.2) is 0 Å². The van der Waals surface area contributed by atoms with Crippen LogP contribution < -0.4 is 5.73 Å². The topological polar surface area (TPSA) is 29.3 Å². The fourth-order valence-electron chi connectivity index (χ4n) is 2.60. The van der Waals surface area contributed by atoms with Crippen molar-refractivity contribution in [2.24, 2.45) is 5.73 Å². The van der Waals surface area contributed by atoms with Crippen molar-refractivity contribution in [2.45, 2.75) is 19.0 Å². The molecular formula is C15H18N2. The van der Waals surface area contributed by atoms with E-state index in [2.05, 4.69) is 47.4 Å². The molecule has 1 fully saturated rings. The molecule has 3 rings (SSSR count). The lowest BCUT2D eigenvalue weighted by Crippen LogP contribution is -2.26. The van der Waals surface area contributed by atoms with Gasteiger partial charge in [0, 0.05) is 25.7 Å². The Hall–Kier alpha value is -1.38. The summed E-state index contributed by atoms with van der Waals surface area (Å²) in [6.07, 6.45) is 1.13. The summed E-state index contributed by atoms with van der Waals surface area (Å²) < 4.78 is 0. The first-order valence-corrected chi connectivity index (χ1v) is 6.27. The molecule has 1 aliphatic rings. The van der Waals surface area contributed by atoms with Gasteiger partial charge in [0.2, 0.25) is 0 Å².